The predicted molar refractivity (Wildman–Crippen MR) is 89.5 cm³/mol. The van der Waals surface area contributed by atoms with E-state index in [1.165, 1.54) is 18.2 Å². The maximum atomic E-state index is 12.4. The number of thioether (sulfide) groups is 1. The van der Waals surface area contributed by atoms with Gasteiger partial charge in [-0.15, -0.1) is 11.8 Å². The lowest BCUT2D eigenvalue weighted by atomic mass is 10.0. The molecule has 0 bridgehead atoms. The SMILES string of the molecule is Nc1ccc(C(=O)N[C@H]2CCSc3ccccc32)cc1[N+](=O)[O-]. The Bertz CT molecular complexity index is 779. The van der Waals surface area contributed by atoms with Crippen molar-refractivity contribution in [1.82, 2.24) is 5.32 Å². The zero-order valence-electron chi connectivity index (χ0n) is 12.2. The van der Waals surface area contributed by atoms with E-state index in [2.05, 4.69) is 5.32 Å². The third kappa shape index (κ3) is 3.14. The Kier molecular flexibility index (Phi) is 4.20. The fraction of sp³-hybridized carbons (Fsp3) is 0.188. The number of amides is 1. The predicted octanol–water partition coefficient (Wildman–Crippen LogP) is 3.14. The minimum Gasteiger partial charge on any atom is -0.393 e. The number of benzene rings is 2. The lowest BCUT2D eigenvalue weighted by Gasteiger charge is -2.25. The average molecular weight is 329 g/mol. The molecule has 1 amide bonds. The first-order valence-electron chi connectivity index (χ1n) is 7.13. The van der Waals surface area contributed by atoms with Crippen LogP contribution >= 0.6 is 11.8 Å². The first kappa shape index (κ1) is 15.4. The van der Waals surface area contributed by atoms with Crippen molar-refractivity contribution in [3.05, 3.63) is 63.7 Å². The van der Waals surface area contributed by atoms with Gasteiger partial charge >= 0.3 is 0 Å². The number of rotatable bonds is 3. The number of nitrogens with zero attached hydrogens (tertiary/aromatic N) is 1. The number of nitro groups is 1. The van der Waals surface area contributed by atoms with Gasteiger partial charge in [-0.1, -0.05) is 18.2 Å². The fourth-order valence-corrected chi connectivity index (χ4v) is 3.70. The Balaban J connectivity index is 1.83. The molecule has 1 aliphatic rings. The van der Waals surface area contributed by atoms with Crippen molar-refractivity contribution in [1.29, 1.82) is 0 Å². The van der Waals surface area contributed by atoms with Gasteiger partial charge in [0.1, 0.15) is 5.69 Å². The number of fused-ring (bicyclic) bond motifs is 1. The number of nitrogen functional groups attached to an aromatic ring is 1. The van der Waals surface area contributed by atoms with E-state index in [1.807, 2.05) is 24.3 Å². The van der Waals surface area contributed by atoms with Gasteiger partial charge in [0.2, 0.25) is 0 Å². The molecule has 1 heterocycles. The highest BCUT2D eigenvalue weighted by Gasteiger charge is 2.23. The molecule has 2 aromatic rings. The van der Waals surface area contributed by atoms with E-state index in [4.69, 9.17) is 5.73 Å². The van der Waals surface area contributed by atoms with Crippen molar-refractivity contribution in [2.75, 3.05) is 11.5 Å². The summed E-state index contributed by atoms with van der Waals surface area (Å²) in [7, 11) is 0. The van der Waals surface area contributed by atoms with Gasteiger partial charge in [0, 0.05) is 22.3 Å². The van der Waals surface area contributed by atoms with Crippen LogP contribution in [0.4, 0.5) is 11.4 Å². The molecule has 0 saturated carbocycles. The van der Waals surface area contributed by atoms with Crippen molar-refractivity contribution in [2.24, 2.45) is 0 Å². The highest BCUT2D eigenvalue weighted by molar-refractivity contribution is 7.99. The molecule has 1 atom stereocenters. The number of nitrogens with two attached hydrogens (primary N) is 1. The Morgan fingerprint density at radius 1 is 1.30 bits per heavy atom. The molecule has 118 valence electrons. The standard InChI is InChI=1S/C16H15N3O3S/c17-12-6-5-10(9-14(12)19(21)22)16(20)18-13-7-8-23-15-4-2-1-3-11(13)15/h1-6,9,13H,7-8,17H2,(H,18,20)/t13-/m0/s1. The molecular weight excluding hydrogens is 314 g/mol. The van der Waals surface area contributed by atoms with Crippen LogP contribution in [0.2, 0.25) is 0 Å². The summed E-state index contributed by atoms with van der Waals surface area (Å²) < 4.78 is 0. The maximum Gasteiger partial charge on any atom is 0.292 e. The third-order valence-electron chi connectivity index (χ3n) is 3.75. The first-order valence-corrected chi connectivity index (χ1v) is 8.11. The molecule has 0 aromatic heterocycles. The Morgan fingerprint density at radius 2 is 2.09 bits per heavy atom. The van der Waals surface area contributed by atoms with E-state index >= 15 is 0 Å². The minimum atomic E-state index is -0.585. The van der Waals surface area contributed by atoms with Gasteiger partial charge in [0.05, 0.1) is 11.0 Å². The van der Waals surface area contributed by atoms with Crippen LogP contribution in [-0.4, -0.2) is 16.6 Å². The number of carbonyl (C=O) groups is 1. The maximum absolute atomic E-state index is 12.4. The van der Waals surface area contributed by atoms with Gasteiger partial charge in [0.25, 0.3) is 11.6 Å². The van der Waals surface area contributed by atoms with Gasteiger partial charge in [-0.05, 0) is 30.2 Å². The van der Waals surface area contributed by atoms with E-state index in [0.29, 0.717) is 0 Å². The van der Waals surface area contributed by atoms with Crippen molar-refractivity contribution in [2.45, 2.75) is 17.4 Å². The second kappa shape index (κ2) is 6.29. The fourth-order valence-electron chi connectivity index (χ4n) is 2.58. The number of nitrogens with one attached hydrogen (secondary N) is 1. The van der Waals surface area contributed by atoms with Gasteiger partial charge in [-0.25, -0.2) is 0 Å². The van der Waals surface area contributed by atoms with Crippen LogP contribution in [0.15, 0.2) is 47.4 Å². The average Bonchev–Trinajstić information content (AvgIpc) is 2.55. The summed E-state index contributed by atoms with van der Waals surface area (Å²) in [4.78, 5) is 23.9. The number of hydrogen-bond acceptors (Lipinski definition) is 5. The summed E-state index contributed by atoms with van der Waals surface area (Å²) in [5, 5.41) is 13.9. The topological polar surface area (TPSA) is 98.3 Å². The Hall–Kier alpha value is -2.54. The Morgan fingerprint density at radius 3 is 2.87 bits per heavy atom. The number of anilines is 1. The lowest BCUT2D eigenvalue weighted by Crippen LogP contribution is -2.30. The van der Waals surface area contributed by atoms with Crippen molar-refractivity contribution in [3.8, 4) is 0 Å². The molecule has 3 N–H and O–H groups in total. The minimum absolute atomic E-state index is 0.0472. The molecule has 0 unspecified atom stereocenters. The number of carbonyl (C=O) groups excluding carboxylic acids is 1. The molecule has 0 saturated heterocycles. The number of nitro benzene ring substituents is 1. The summed E-state index contributed by atoms with van der Waals surface area (Å²) in [5.41, 5.74) is 6.68. The van der Waals surface area contributed by atoms with Gasteiger partial charge in [-0.3, -0.25) is 14.9 Å². The molecule has 1 aliphatic heterocycles. The van der Waals surface area contributed by atoms with Crippen LogP contribution in [0.1, 0.15) is 28.4 Å². The molecular formula is C16H15N3O3S. The second-order valence-corrected chi connectivity index (χ2v) is 6.37. The molecule has 0 spiro atoms. The molecule has 0 aliphatic carbocycles. The zero-order chi connectivity index (χ0) is 16.4. The Labute approximate surface area is 137 Å². The van der Waals surface area contributed by atoms with E-state index < -0.39 is 4.92 Å². The third-order valence-corrected chi connectivity index (χ3v) is 4.88. The smallest absolute Gasteiger partial charge is 0.292 e. The van der Waals surface area contributed by atoms with Crippen LogP contribution in [0.25, 0.3) is 0 Å². The highest BCUT2D eigenvalue weighted by atomic mass is 32.2. The van der Waals surface area contributed by atoms with E-state index in [9.17, 15) is 14.9 Å². The summed E-state index contributed by atoms with van der Waals surface area (Å²) in [5.74, 6) is 0.587. The zero-order valence-corrected chi connectivity index (χ0v) is 13.0. The normalized spacial score (nSPS) is 16.4. The number of hydrogen-bond donors (Lipinski definition) is 2. The highest BCUT2D eigenvalue weighted by Crippen LogP contribution is 2.36. The van der Waals surface area contributed by atoms with Gasteiger partial charge < -0.3 is 11.1 Å². The first-order chi connectivity index (χ1) is 11.1. The molecule has 6 nitrogen and oxygen atoms in total. The van der Waals surface area contributed by atoms with Gasteiger partial charge in [0.15, 0.2) is 0 Å². The van der Waals surface area contributed by atoms with Crippen molar-refractivity contribution < 1.29 is 9.72 Å². The summed E-state index contributed by atoms with van der Waals surface area (Å²) in [6, 6.07) is 12.0. The summed E-state index contributed by atoms with van der Waals surface area (Å²) in [6.45, 7) is 0. The molecule has 3 rings (SSSR count). The molecule has 23 heavy (non-hydrogen) atoms. The molecule has 0 fully saturated rings. The quantitative estimate of drug-likeness (QED) is 0.512. The lowest BCUT2D eigenvalue weighted by molar-refractivity contribution is -0.383. The van der Waals surface area contributed by atoms with Crippen LogP contribution in [0, 0.1) is 10.1 Å². The van der Waals surface area contributed by atoms with Crippen LogP contribution in [0.5, 0.6) is 0 Å². The van der Waals surface area contributed by atoms with Crippen LogP contribution in [0.3, 0.4) is 0 Å². The monoisotopic (exact) mass is 329 g/mol. The summed E-state index contributed by atoms with van der Waals surface area (Å²) in [6.07, 6.45) is 0.824. The molecule has 2 aromatic carbocycles. The van der Waals surface area contributed by atoms with Crippen LogP contribution < -0.4 is 11.1 Å². The summed E-state index contributed by atoms with van der Waals surface area (Å²) >= 11 is 1.77. The molecule has 0 radical (unpaired) electrons. The van der Waals surface area contributed by atoms with Crippen LogP contribution in [-0.2, 0) is 0 Å². The largest absolute Gasteiger partial charge is 0.393 e. The van der Waals surface area contributed by atoms with Crippen molar-refractivity contribution >= 4 is 29.0 Å². The van der Waals surface area contributed by atoms with Gasteiger partial charge in [-0.2, -0.15) is 0 Å². The molecule has 7 heteroatoms. The van der Waals surface area contributed by atoms with Crippen molar-refractivity contribution in [3.63, 3.8) is 0 Å². The van der Waals surface area contributed by atoms with E-state index in [0.717, 1.165) is 22.6 Å². The van der Waals surface area contributed by atoms with E-state index in [-0.39, 0.29) is 28.9 Å². The second-order valence-electron chi connectivity index (χ2n) is 5.23. The van der Waals surface area contributed by atoms with E-state index in [1.54, 1.807) is 11.8 Å².